The summed E-state index contributed by atoms with van der Waals surface area (Å²) in [7, 11) is 3.60. The van der Waals surface area contributed by atoms with Crippen molar-refractivity contribution in [3.8, 4) is 11.5 Å². The van der Waals surface area contributed by atoms with Crippen molar-refractivity contribution in [2.24, 2.45) is 4.99 Å². The Morgan fingerprint density at radius 3 is 2.45 bits per heavy atom. The Kier molecular flexibility index (Phi) is 8.91. The summed E-state index contributed by atoms with van der Waals surface area (Å²) in [5.41, 5.74) is 2.15. The number of rotatable bonds is 8. The Balaban J connectivity index is 1.96. The number of aryl methyl sites for hydroxylation is 1. The number of sulfonamides is 1. The number of hydrogen-bond acceptors (Lipinski definition) is 6. The molecule has 2 rings (SSSR count). The van der Waals surface area contributed by atoms with Gasteiger partial charge < -0.3 is 19.7 Å². The zero-order valence-corrected chi connectivity index (χ0v) is 19.5. The molecule has 0 atom stereocenters. The van der Waals surface area contributed by atoms with E-state index in [9.17, 15) is 8.42 Å². The lowest BCUT2D eigenvalue weighted by atomic mass is 10.1. The molecule has 1 N–H and O–H groups in total. The van der Waals surface area contributed by atoms with Crippen molar-refractivity contribution in [3.05, 3.63) is 23.3 Å². The van der Waals surface area contributed by atoms with E-state index in [1.54, 1.807) is 37.3 Å². The van der Waals surface area contributed by atoms with Crippen molar-refractivity contribution in [2.45, 2.75) is 13.5 Å². The van der Waals surface area contributed by atoms with Crippen LogP contribution in [0.25, 0.3) is 0 Å². The van der Waals surface area contributed by atoms with Crippen molar-refractivity contribution in [1.82, 2.24) is 14.5 Å². The van der Waals surface area contributed by atoms with Crippen molar-refractivity contribution < 1.29 is 17.9 Å². The molecule has 0 bridgehead atoms. The second kappa shape index (κ2) is 10.9. The number of thioether (sulfide) groups is 1. The van der Waals surface area contributed by atoms with Gasteiger partial charge >= 0.3 is 0 Å². The molecule has 164 valence electrons. The van der Waals surface area contributed by atoms with Gasteiger partial charge in [-0.3, -0.25) is 4.99 Å². The first-order valence-electron chi connectivity index (χ1n) is 9.51. The molecule has 8 nitrogen and oxygen atoms in total. The van der Waals surface area contributed by atoms with E-state index in [4.69, 9.17) is 9.47 Å². The number of methoxy groups -OCH3 is 2. The minimum atomic E-state index is -3.24. The lowest BCUT2D eigenvalue weighted by Crippen LogP contribution is -2.44. The monoisotopic (exact) mass is 444 g/mol. The SMILES string of the molecule is CN=C(NCCS(=O)(=O)N1CCSCC1)N(C)Cc1cc(OC)c(OC)cc1C. The Labute approximate surface area is 178 Å². The van der Waals surface area contributed by atoms with Gasteiger partial charge in [0, 0.05) is 51.8 Å². The second-order valence-corrected chi connectivity index (χ2v) is 10.1. The summed E-state index contributed by atoms with van der Waals surface area (Å²) in [6.07, 6.45) is 0. The molecule has 0 amide bonds. The number of hydrogen-bond donors (Lipinski definition) is 1. The fraction of sp³-hybridized carbons (Fsp3) is 0.632. The van der Waals surface area contributed by atoms with Crippen molar-refractivity contribution in [3.63, 3.8) is 0 Å². The smallest absolute Gasteiger partial charge is 0.215 e. The predicted molar refractivity (Wildman–Crippen MR) is 120 cm³/mol. The molecule has 1 saturated heterocycles. The summed E-state index contributed by atoms with van der Waals surface area (Å²) in [6.45, 7) is 4.13. The van der Waals surface area contributed by atoms with E-state index in [1.165, 1.54) is 0 Å². The molecule has 0 unspecified atom stereocenters. The van der Waals surface area contributed by atoms with E-state index >= 15 is 0 Å². The summed E-state index contributed by atoms with van der Waals surface area (Å²) in [5.74, 6) is 3.79. The third kappa shape index (κ3) is 6.42. The number of nitrogens with zero attached hydrogens (tertiary/aromatic N) is 3. The highest BCUT2D eigenvalue weighted by molar-refractivity contribution is 7.99. The molecule has 29 heavy (non-hydrogen) atoms. The third-order valence-electron chi connectivity index (χ3n) is 4.83. The Hall–Kier alpha value is -1.65. The maximum Gasteiger partial charge on any atom is 0.215 e. The standard InChI is InChI=1S/C19H32N4O4S2/c1-15-12-17(26-4)18(27-5)13-16(15)14-22(3)19(20-2)21-6-11-29(24,25)23-7-9-28-10-8-23/h12-13H,6-11,14H2,1-5H3,(H,20,21). The van der Waals surface area contributed by atoms with E-state index in [-0.39, 0.29) is 5.75 Å². The molecule has 0 saturated carbocycles. The van der Waals surface area contributed by atoms with Gasteiger partial charge in [0.15, 0.2) is 17.5 Å². The highest BCUT2D eigenvalue weighted by Crippen LogP contribution is 2.30. The second-order valence-electron chi connectivity index (χ2n) is 6.79. The number of nitrogens with one attached hydrogen (secondary N) is 1. The maximum absolute atomic E-state index is 12.5. The molecule has 10 heteroatoms. The van der Waals surface area contributed by atoms with Crippen molar-refractivity contribution in [2.75, 3.05) is 65.2 Å². The van der Waals surface area contributed by atoms with Crippen LogP contribution in [-0.2, 0) is 16.6 Å². The highest BCUT2D eigenvalue weighted by Gasteiger charge is 2.24. The van der Waals surface area contributed by atoms with Crippen LogP contribution in [0.4, 0.5) is 0 Å². The summed E-state index contributed by atoms with van der Waals surface area (Å²) >= 11 is 1.79. The molecular formula is C19H32N4O4S2. The van der Waals surface area contributed by atoms with Gasteiger partial charge in [-0.15, -0.1) is 0 Å². The predicted octanol–water partition coefficient (Wildman–Crippen LogP) is 1.40. The molecule has 0 aromatic heterocycles. The molecule has 1 aliphatic rings. The summed E-state index contributed by atoms with van der Waals surface area (Å²) in [4.78, 5) is 6.24. The van der Waals surface area contributed by atoms with Crippen LogP contribution in [0.2, 0.25) is 0 Å². The van der Waals surface area contributed by atoms with Gasteiger partial charge in [0.2, 0.25) is 10.0 Å². The molecule has 0 spiro atoms. The minimum absolute atomic E-state index is 0.0555. The van der Waals surface area contributed by atoms with E-state index < -0.39 is 10.0 Å². The van der Waals surface area contributed by atoms with Gasteiger partial charge in [-0.05, 0) is 30.2 Å². The molecule has 1 aliphatic heterocycles. The molecule has 1 aromatic carbocycles. The van der Waals surface area contributed by atoms with Gasteiger partial charge in [-0.25, -0.2) is 12.7 Å². The first-order valence-corrected chi connectivity index (χ1v) is 12.3. The third-order valence-corrected chi connectivity index (χ3v) is 7.64. The Morgan fingerprint density at radius 1 is 1.24 bits per heavy atom. The van der Waals surface area contributed by atoms with Crippen LogP contribution in [0.1, 0.15) is 11.1 Å². The van der Waals surface area contributed by atoms with E-state index in [0.29, 0.717) is 43.6 Å². The van der Waals surface area contributed by atoms with Gasteiger partial charge in [-0.1, -0.05) is 0 Å². The lowest BCUT2D eigenvalue weighted by molar-refractivity contribution is 0.353. The van der Waals surface area contributed by atoms with E-state index in [2.05, 4.69) is 10.3 Å². The van der Waals surface area contributed by atoms with Crippen LogP contribution in [0.5, 0.6) is 11.5 Å². The molecule has 1 aromatic rings. The molecule has 0 aliphatic carbocycles. The quantitative estimate of drug-likeness (QED) is 0.479. The number of aliphatic imine (C=N–C) groups is 1. The topological polar surface area (TPSA) is 83.5 Å². The van der Waals surface area contributed by atoms with Crippen LogP contribution in [-0.4, -0.2) is 88.8 Å². The van der Waals surface area contributed by atoms with Crippen LogP contribution < -0.4 is 14.8 Å². The van der Waals surface area contributed by atoms with E-state index in [0.717, 1.165) is 22.6 Å². The summed E-state index contributed by atoms with van der Waals surface area (Å²) in [5, 5.41) is 3.16. The zero-order chi connectivity index (χ0) is 21.4. The maximum atomic E-state index is 12.5. The number of ether oxygens (including phenoxy) is 2. The van der Waals surface area contributed by atoms with Gasteiger partial charge in [-0.2, -0.15) is 11.8 Å². The van der Waals surface area contributed by atoms with E-state index in [1.807, 2.05) is 31.0 Å². The van der Waals surface area contributed by atoms with Crippen molar-refractivity contribution in [1.29, 1.82) is 0 Å². The molecule has 0 radical (unpaired) electrons. The first-order chi connectivity index (χ1) is 13.8. The lowest BCUT2D eigenvalue weighted by Gasteiger charge is -2.27. The zero-order valence-electron chi connectivity index (χ0n) is 17.9. The summed E-state index contributed by atoms with van der Waals surface area (Å²) in [6, 6.07) is 3.90. The fourth-order valence-electron chi connectivity index (χ4n) is 3.15. The fourth-order valence-corrected chi connectivity index (χ4v) is 5.65. The van der Waals surface area contributed by atoms with Gasteiger partial charge in [0.25, 0.3) is 0 Å². The highest BCUT2D eigenvalue weighted by atomic mass is 32.2. The summed E-state index contributed by atoms with van der Waals surface area (Å²) < 4.78 is 37.3. The van der Waals surface area contributed by atoms with Crippen LogP contribution in [0.3, 0.4) is 0 Å². The largest absolute Gasteiger partial charge is 0.493 e. The van der Waals surface area contributed by atoms with Crippen LogP contribution in [0, 0.1) is 6.92 Å². The Morgan fingerprint density at radius 2 is 1.86 bits per heavy atom. The van der Waals surface area contributed by atoms with Crippen LogP contribution in [0.15, 0.2) is 17.1 Å². The minimum Gasteiger partial charge on any atom is -0.493 e. The average Bonchev–Trinajstić information content (AvgIpc) is 2.72. The van der Waals surface area contributed by atoms with Gasteiger partial charge in [0.1, 0.15) is 0 Å². The molecule has 1 fully saturated rings. The number of guanidine groups is 1. The molecular weight excluding hydrogens is 412 g/mol. The Bertz CT molecular complexity index is 809. The average molecular weight is 445 g/mol. The van der Waals surface area contributed by atoms with Crippen molar-refractivity contribution >= 4 is 27.7 Å². The van der Waals surface area contributed by atoms with Crippen LogP contribution >= 0.6 is 11.8 Å². The number of benzene rings is 1. The molecule has 1 heterocycles. The first kappa shape index (κ1) is 23.6. The van der Waals surface area contributed by atoms with Gasteiger partial charge in [0.05, 0.1) is 20.0 Å². The normalized spacial score (nSPS) is 15.8.